The highest BCUT2D eigenvalue weighted by Crippen LogP contribution is 2.34. The van der Waals surface area contributed by atoms with Crippen LogP contribution in [0.15, 0.2) is 6.07 Å². The molecule has 1 heterocycles. The first-order valence-electron chi connectivity index (χ1n) is 3.93. The molecule has 0 aliphatic rings. The number of halogens is 6. The topological polar surface area (TPSA) is 50.2 Å². The van der Waals surface area contributed by atoms with Crippen LogP contribution in [0, 0.1) is 3.57 Å². The Kier molecular flexibility index (Phi) is 3.89. The fourth-order valence-corrected chi connectivity index (χ4v) is 1.70. The van der Waals surface area contributed by atoms with Crippen molar-refractivity contribution in [1.29, 1.82) is 0 Å². The standard InChI is InChI=1S/C8H3F5INO2/c9-6(10)5-3(14)1-2(8(11,12)13)4(15-5)7(16)17/h1,6H,(H,16,17). The Labute approximate surface area is 105 Å². The first kappa shape index (κ1) is 14.1. The van der Waals surface area contributed by atoms with E-state index in [9.17, 15) is 26.7 Å². The highest BCUT2D eigenvalue weighted by Gasteiger charge is 2.38. The average molecular weight is 367 g/mol. The van der Waals surface area contributed by atoms with Crippen LogP contribution in [0.2, 0.25) is 0 Å². The molecule has 3 nitrogen and oxygen atoms in total. The first-order valence-corrected chi connectivity index (χ1v) is 5.01. The number of carboxylic acids is 1. The van der Waals surface area contributed by atoms with E-state index in [0.29, 0.717) is 6.07 Å². The second-order valence-electron chi connectivity index (χ2n) is 2.86. The van der Waals surface area contributed by atoms with E-state index in [1.165, 1.54) is 22.6 Å². The fourth-order valence-electron chi connectivity index (χ4n) is 1.04. The van der Waals surface area contributed by atoms with Gasteiger partial charge >= 0.3 is 12.1 Å². The van der Waals surface area contributed by atoms with Gasteiger partial charge in [0.05, 0.1) is 5.56 Å². The molecule has 0 unspecified atom stereocenters. The van der Waals surface area contributed by atoms with Gasteiger partial charge in [0.15, 0.2) is 5.69 Å². The Morgan fingerprint density at radius 1 is 1.41 bits per heavy atom. The van der Waals surface area contributed by atoms with Crippen LogP contribution in [-0.4, -0.2) is 16.1 Å². The third kappa shape index (κ3) is 3.01. The molecule has 94 valence electrons. The average Bonchev–Trinajstić information content (AvgIpc) is 2.14. The third-order valence-corrected chi connectivity index (χ3v) is 2.58. The summed E-state index contributed by atoms with van der Waals surface area (Å²) in [4.78, 5) is 13.4. The van der Waals surface area contributed by atoms with Crippen LogP contribution in [0.3, 0.4) is 0 Å². The predicted octanol–water partition coefficient (Wildman–Crippen LogP) is 3.34. The molecular weight excluding hydrogens is 364 g/mol. The molecule has 1 aromatic rings. The number of aromatic nitrogens is 1. The predicted molar refractivity (Wildman–Crippen MR) is 53.9 cm³/mol. The number of rotatable bonds is 2. The number of pyridine rings is 1. The number of aromatic carboxylic acids is 1. The summed E-state index contributed by atoms with van der Waals surface area (Å²) < 4.78 is 61.6. The highest BCUT2D eigenvalue weighted by molar-refractivity contribution is 14.1. The van der Waals surface area contributed by atoms with Crippen molar-refractivity contribution < 1.29 is 31.9 Å². The molecule has 1 aromatic heterocycles. The smallest absolute Gasteiger partial charge is 0.418 e. The Morgan fingerprint density at radius 3 is 2.29 bits per heavy atom. The van der Waals surface area contributed by atoms with E-state index in [1.807, 2.05) is 0 Å². The maximum atomic E-state index is 12.4. The van der Waals surface area contributed by atoms with Crippen molar-refractivity contribution in [2.24, 2.45) is 0 Å². The molecule has 0 aromatic carbocycles. The van der Waals surface area contributed by atoms with Gasteiger partial charge in [-0.3, -0.25) is 0 Å². The van der Waals surface area contributed by atoms with Crippen LogP contribution in [0.5, 0.6) is 0 Å². The maximum absolute atomic E-state index is 12.4. The van der Waals surface area contributed by atoms with Crippen molar-refractivity contribution in [2.75, 3.05) is 0 Å². The SMILES string of the molecule is O=C(O)c1nc(C(F)F)c(I)cc1C(F)(F)F. The minimum atomic E-state index is -4.96. The summed E-state index contributed by atoms with van der Waals surface area (Å²) in [6.07, 6.45) is -8.09. The van der Waals surface area contributed by atoms with Crippen LogP contribution < -0.4 is 0 Å². The normalized spacial score (nSPS) is 11.9. The summed E-state index contributed by atoms with van der Waals surface area (Å²) in [5.41, 5.74) is -3.94. The van der Waals surface area contributed by atoms with E-state index in [1.54, 1.807) is 0 Å². The van der Waals surface area contributed by atoms with Gasteiger partial charge in [-0.05, 0) is 28.7 Å². The Bertz CT molecular complexity index is 460. The number of nitrogens with zero attached hydrogens (tertiary/aromatic N) is 1. The molecule has 0 aliphatic carbocycles. The lowest BCUT2D eigenvalue weighted by Crippen LogP contribution is -2.17. The Hall–Kier alpha value is -1.00. The molecule has 0 atom stereocenters. The second-order valence-corrected chi connectivity index (χ2v) is 4.02. The van der Waals surface area contributed by atoms with Gasteiger partial charge in [0.25, 0.3) is 6.43 Å². The van der Waals surface area contributed by atoms with Crippen LogP contribution in [0.25, 0.3) is 0 Å². The molecule has 0 spiro atoms. The van der Waals surface area contributed by atoms with Gasteiger partial charge in [0.2, 0.25) is 0 Å². The second kappa shape index (κ2) is 4.70. The van der Waals surface area contributed by atoms with Crippen molar-refractivity contribution in [2.45, 2.75) is 12.6 Å². The maximum Gasteiger partial charge on any atom is 0.418 e. The molecule has 0 saturated heterocycles. The van der Waals surface area contributed by atoms with Gasteiger partial charge in [-0.15, -0.1) is 0 Å². The van der Waals surface area contributed by atoms with E-state index in [0.717, 1.165) is 0 Å². The molecule has 0 bridgehead atoms. The van der Waals surface area contributed by atoms with Crippen molar-refractivity contribution in [1.82, 2.24) is 4.98 Å². The molecule has 1 N–H and O–H groups in total. The summed E-state index contributed by atoms with van der Waals surface area (Å²) in [6, 6.07) is 0.346. The minimum Gasteiger partial charge on any atom is -0.476 e. The molecular formula is C8H3F5INO2. The number of carboxylic acid groups (broad SMARTS) is 1. The van der Waals surface area contributed by atoms with Gasteiger partial charge in [0, 0.05) is 3.57 Å². The Balaban J connectivity index is 3.53. The molecule has 17 heavy (non-hydrogen) atoms. The van der Waals surface area contributed by atoms with E-state index in [-0.39, 0.29) is 0 Å². The van der Waals surface area contributed by atoms with Gasteiger partial charge in [-0.2, -0.15) is 13.2 Å². The van der Waals surface area contributed by atoms with Crippen LogP contribution in [0.4, 0.5) is 22.0 Å². The largest absolute Gasteiger partial charge is 0.476 e. The Morgan fingerprint density at radius 2 is 1.94 bits per heavy atom. The van der Waals surface area contributed by atoms with Crippen molar-refractivity contribution in [3.05, 3.63) is 26.6 Å². The summed E-state index contributed by atoms with van der Waals surface area (Å²) in [7, 11) is 0. The van der Waals surface area contributed by atoms with Crippen LogP contribution >= 0.6 is 22.6 Å². The third-order valence-electron chi connectivity index (χ3n) is 1.72. The lowest BCUT2D eigenvalue weighted by atomic mass is 10.1. The van der Waals surface area contributed by atoms with Crippen molar-refractivity contribution in [3.8, 4) is 0 Å². The van der Waals surface area contributed by atoms with Gasteiger partial charge < -0.3 is 5.11 Å². The minimum absolute atomic E-state index is 0.346. The molecule has 0 amide bonds. The molecule has 0 radical (unpaired) electrons. The van der Waals surface area contributed by atoms with Crippen LogP contribution in [0.1, 0.15) is 28.2 Å². The fraction of sp³-hybridized carbons (Fsp3) is 0.250. The van der Waals surface area contributed by atoms with E-state index in [4.69, 9.17) is 5.11 Å². The number of carbonyl (C=O) groups is 1. The van der Waals surface area contributed by atoms with Gasteiger partial charge in [-0.25, -0.2) is 18.6 Å². The van der Waals surface area contributed by atoms with Gasteiger partial charge in [0.1, 0.15) is 5.69 Å². The zero-order chi connectivity index (χ0) is 13.4. The first-order chi connectivity index (χ1) is 7.64. The lowest BCUT2D eigenvalue weighted by Gasteiger charge is -2.12. The molecule has 9 heteroatoms. The lowest BCUT2D eigenvalue weighted by molar-refractivity contribution is -0.138. The summed E-state index contributed by atoms with van der Waals surface area (Å²) in [5, 5.41) is 8.52. The van der Waals surface area contributed by atoms with Crippen LogP contribution in [-0.2, 0) is 6.18 Å². The number of hydrogen-bond donors (Lipinski definition) is 1. The molecule has 1 rings (SSSR count). The monoisotopic (exact) mass is 367 g/mol. The molecule has 0 aliphatic heterocycles. The summed E-state index contributed by atoms with van der Waals surface area (Å²) in [6.45, 7) is 0. The van der Waals surface area contributed by atoms with Crippen molar-refractivity contribution >= 4 is 28.6 Å². The summed E-state index contributed by atoms with van der Waals surface area (Å²) in [5.74, 6) is -2.00. The number of hydrogen-bond acceptors (Lipinski definition) is 2. The molecule has 0 saturated carbocycles. The van der Waals surface area contributed by atoms with E-state index < -0.39 is 39.1 Å². The highest BCUT2D eigenvalue weighted by atomic mass is 127. The van der Waals surface area contributed by atoms with Gasteiger partial charge in [-0.1, -0.05) is 0 Å². The zero-order valence-electron chi connectivity index (χ0n) is 7.73. The van der Waals surface area contributed by atoms with E-state index >= 15 is 0 Å². The number of alkyl halides is 5. The van der Waals surface area contributed by atoms with E-state index in [2.05, 4.69) is 4.98 Å². The van der Waals surface area contributed by atoms with Crippen molar-refractivity contribution in [3.63, 3.8) is 0 Å². The summed E-state index contributed by atoms with van der Waals surface area (Å²) >= 11 is 1.25. The quantitative estimate of drug-likeness (QED) is 0.645. The molecule has 0 fully saturated rings. The zero-order valence-corrected chi connectivity index (χ0v) is 9.88.